The van der Waals surface area contributed by atoms with Gasteiger partial charge in [0.2, 0.25) is 0 Å². The summed E-state index contributed by atoms with van der Waals surface area (Å²) >= 11 is 0. The monoisotopic (exact) mass is 546 g/mol. The number of carboxylic acids is 1. The van der Waals surface area contributed by atoms with Gasteiger partial charge in [0, 0.05) is 28.2 Å². The smallest absolute Gasteiger partial charge is 0.337 e. The van der Waals surface area contributed by atoms with Crippen LogP contribution >= 0.6 is 0 Å². The van der Waals surface area contributed by atoms with Crippen LogP contribution in [0.2, 0.25) is 0 Å². The Hall–Kier alpha value is -4.70. The lowest BCUT2D eigenvalue weighted by Crippen LogP contribution is -2.06. The second-order valence-corrected chi connectivity index (χ2v) is 11.1. The number of aryl methyl sites for hydroxylation is 1. The SMILES string of the molecule is Cc1[nH]c(/C=C2\C(=O)Nc3ccc(S(=O)(=O)Cc4ccccc4Oc4ccccc4F)cc32)c(C)c1C(=O)O. The summed E-state index contributed by atoms with van der Waals surface area (Å²) in [5.41, 5.74) is 2.82. The number of rotatable bonds is 7. The molecular formula is C29H23FN2O6S. The highest BCUT2D eigenvalue weighted by Crippen LogP contribution is 2.37. The third-order valence-corrected chi connectivity index (χ3v) is 8.15. The van der Waals surface area contributed by atoms with Crippen molar-refractivity contribution in [1.29, 1.82) is 0 Å². The van der Waals surface area contributed by atoms with E-state index in [0.29, 0.717) is 33.8 Å². The Labute approximate surface area is 223 Å². The summed E-state index contributed by atoms with van der Waals surface area (Å²) in [7, 11) is -3.92. The van der Waals surface area contributed by atoms with E-state index in [-0.39, 0.29) is 27.5 Å². The predicted molar refractivity (Wildman–Crippen MR) is 144 cm³/mol. The molecule has 0 saturated heterocycles. The fourth-order valence-corrected chi connectivity index (χ4v) is 5.93. The number of hydrogen-bond acceptors (Lipinski definition) is 5. The fourth-order valence-electron chi connectivity index (χ4n) is 4.54. The Morgan fingerprint density at radius 2 is 1.72 bits per heavy atom. The lowest BCUT2D eigenvalue weighted by Gasteiger charge is -2.12. The molecule has 8 nitrogen and oxygen atoms in total. The van der Waals surface area contributed by atoms with E-state index in [0.717, 1.165) is 0 Å². The number of carboxylic acid groups (broad SMARTS) is 1. The number of H-pyrrole nitrogens is 1. The molecule has 0 aliphatic carbocycles. The molecular weight excluding hydrogens is 523 g/mol. The molecule has 39 heavy (non-hydrogen) atoms. The van der Waals surface area contributed by atoms with Crippen molar-refractivity contribution in [2.75, 3.05) is 5.32 Å². The third kappa shape index (κ3) is 4.94. The molecule has 0 saturated carbocycles. The molecule has 1 aliphatic rings. The summed E-state index contributed by atoms with van der Waals surface area (Å²) in [4.78, 5) is 27.3. The molecule has 5 rings (SSSR count). The number of carbonyl (C=O) groups is 2. The highest BCUT2D eigenvalue weighted by Gasteiger charge is 2.28. The van der Waals surface area contributed by atoms with Gasteiger partial charge < -0.3 is 20.1 Å². The molecule has 1 aromatic heterocycles. The average molecular weight is 547 g/mol. The van der Waals surface area contributed by atoms with Gasteiger partial charge in [-0.15, -0.1) is 0 Å². The lowest BCUT2D eigenvalue weighted by molar-refractivity contribution is -0.110. The average Bonchev–Trinajstić information content (AvgIpc) is 3.35. The number of para-hydroxylation sites is 2. The van der Waals surface area contributed by atoms with Gasteiger partial charge in [0.25, 0.3) is 5.91 Å². The molecule has 0 bridgehead atoms. The van der Waals surface area contributed by atoms with E-state index < -0.39 is 33.3 Å². The fraction of sp³-hybridized carbons (Fsp3) is 0.103. The van der Waals surface area contributed by atoms with Crippen LogP contribution in [0.5, 0.6) is 11.5 Å². The van der Waals surface area contributed by atoms with Gasteiger partial charge in [-0.1, -0.05) is 30.3 Å². The molecule has 4 aromatic rings. The normalized spacial score (nSPS) is 13.8. The van der Waals surface area contributed by atoms with E-state index in [9.17, 15) is 27.5 Å². The molecule has 10 heteroatoms. The number of aromatic nitrogens is 1. The van der Waals surface area contributed by atoms with Gasteiger partial charge in [-0.05, 0) is 61.9 Å². The molecule has 3 N–H and O–H groups in total. The number of benzene rings is 3. The van der Waals surface area contributed by atoms with E-state index in [2.05, 4.69) is 10.3 Å². The van der Waals surface area contributed by atoms with Crippen LogP contribution < -0.4 is 10.1 Å². The Morgan fingerprint density at radius 3 is 2.41 bits per heavy atom. The van der Waals surface area contributed by atoms with Crippen LogP contribution in [0.3, 0.4) is 0 Å². The van der Waals surface area contributed by atoms with Gasteiger partial charge >= 0.3 is 5.97 Å². The van der Waals surface area contributed by atoms with Crippen LogP contribution in [0.25, 0.3) is 11.6 Å². The number of sulfone groups is 1. The first kappa shape index (κ1) is 25.9. The topological polar surface area (TPSA) is 126 Å². The highest BCUT2D eigenvalue weighted by atomic mass is 32.2. The van der Waals surface area contributed by atoms with Crippen LogP contribution in [-0.2, 0) is 20.4 Å². The summed E-state index contributed by atoms with van der Waals surface area (Å²) in [6, 6.07) is 16.7. The number of aromatic carboxylic acids is 1. The van der Waals surface area contributed by atoms with Gasteiger partial charge in [-0.2, -0.15) is 0 Å². The van der Waals surface area contributed by atoms with Crippen molar-refractivity contribution in [3.8, 4) is 11.5 Å². The Kier molecular flexibility index (Phi) is 6.57. The van der Waals surface area contributed by atoms with Crippen molar-refractivity contribution >= 4 is 39.1 Å². The number of nitrogens with one attached hydrogen (secondary N) is 2. The molecule has 1 amide bonds. The van der Waals surface area contributed by atoms with Crippen molar-refractivity contribution in [1.82, 2.24) is 4.98 Å². The van der Waals surface area contributed by atoms with Crippen LogP contribution in [-0.4, -0.2) is 30.4 Å². The van der Waals surface area contributed by atoms with E-state index >= 15 is 0 Å². The van der Waals surface area contributed by atoms with Crippen LogP contribution in [0.4, 0.5) is 10.1 Å². The molecule has 0 radical (unpaired) electrons. The van der Waals surface area contributed by atoms with Crippen molar-refractivity contribution < 1.29 is 32.2 Å². The van der Waals surface area contributed by atoms with Gasteiger partial charge in [0.1, 0.15) is 5.75 Å². The van der Waals surface area contributed by atoms with Crippen LogP contribution in [0.1, 0.15) is 38.4 Å². The highest BCUT2D eigenvalue weighted by molar-refractivity contribution is 7.90. The maximum atomic E-state index is 14.1. The predicted octanol–water partition coefficient (Wildman–Crippen LogP) is 5.73. The van der Waals surface area contributed by atoms with Crippen molar-refractivity contribution in [2.24, 2.45) is 0 Å². The number of fused-ring (bicyclic) bond motifs is 1. The van der Waals surface area contributed by atoms with Crippen molar-refractivity contribution in [3.05, 3.63) is 106 Å². The second kappa shape index (κ2) is 9.88. The minimum Gasteiger partial charge on any atom is -0.478 e. The molecule has 0 unspecified atom stereocenters. The molecule has 198 valence electrons. The first-order chi connectivity index (χ1) is 18.5. The second-order valence-electron chi connectivity index (χ2n) is 9.09. The quantitative estimate of drug-likeness (QED) is 0.254. The number of ether oxygens (including phenoxy) is 1. The molecule has 3 aromatic carbocycles. The van der Waals surface area contributed by atoms with E-state index in [4.69, 9.17) is 4.74 Å². The lowest BCUT2D eigenvalue weighted by atomic mass is 10.0. The summed E-state index contributed by atoms with van der Waals surface area (Å²) in [6.45, 7) is 3.26. The number of anilines is 1. The zero-order valence-electron chi connectivity index (χ0n) is 20.9. The zero-order chi connectivity index (χ0) is 27.9. The van der Waals surface area contributed by atoms with Gasteiger partial charge in [0.15, 0.2) is 21.4 Å². The maximum Gasteiger partial charge on any atom is 0.337 e. The van der Waals surface area contributed by atoms with Crippen LogP contribution in [0, 0.1) is 19.7 Å². The van der Waals surface area contributed by atoms with Crippen molar-refractivity contribution in [3.63, 3.8) is 0 Å². The number of aromatic amines is 1. The standard InChI is InChI=1S/C29H23FN2O6S/c1-16-24(31-17(2)27(16)29(34)35)14-21-20-13-19(11-12-23(20)32-28(21)33)39(36,37)15-18-7-3-5-9-25(18)38-26-10-6-4-8-22(26)30/h3-14,31H,15H2,1-2H3,(H,32,33)(H,34,35)/b21-14-. The zero-order valence-corrected chi connectivity index (χ0v) is 21.7. The summed E-state index contributed by atoms with van der Waals surface area (Å²) in [6.07, 6.45) is 1.52. The van der Waals surface area contributed by atoms with E-state index in [1.54, 1.807) is 44.2 Å². The van der Waals surface area contributed by atoms with Crippen molar-refractivity contribution in [2.45, 2.75) is 24.5 Å². The minimum atomic E-state index is -3.92. The first-order valence-electron chi connectivity index (χ1n) is 11.9. The van der Waals surface area contributed by atoms with E-state index in [1.165, 1.54) is 42.5 Å². The van der Waals surface area contributed by atoms with Gasteiger partial charge in [0.05, 0.1) is 21.8 Å². The van der Waals surface area contributed by atoms with E-state index in [1.807, 2.05) is 0 Å². The third-order valence-electron chi connectivity index (χ3n) is 6.49. The largest absolute Gasteiger partial charge is 0.478 e. The molecule has 0 atom stereocenters. The summed E-state index contributed by atoms with van der Waals surface area (Å²) < 4.78 is 46.8. The summed E-state index contributed by atoms with van der Waals surface area (Å²) in [5.74, 6) is -2.35. The molecule has 2 heterocycles. The molecule has 0 spiro atoms. The Morgan fingerprint density at radius 1 is 1.03 bits per heavy atom. The maximum absolute atomic E-state index is 14.1. The number of hydrogen-bond donors (Lipinski definition) is 3. The molecule has 1 aliphatic heterocycles. The summed E-state index contributed by atoms with van der Waals surface area (Å²) in [5, 5.41) is 12.2. The molecule has 0 fully saturated rings. The van der Waals surface area contributed by atoms with Gasteiger partial charge in [-0.25, -0.2) is 17.6 Å². The Balaban J connectivity index is 1.49. The number of amides is 1. The first-order valence-corrected chi connectivity index (χ1v) is 13.5. The Bertz CT molecular complexity index is 1790. The van der Waals surface area contributed by atoms with Crippen LogP contribution in [0.15, 0.2) is 71.6 Å². The van der Waals surface area contributed by atoms with Gasteiger partial charge in [-0.3, -0.25) is 4.79 Å². The number of halogens is 1. The minimum absolute atomic E-state index is 0.0186. The number of carbonyl (C=O) groups excluding carboxylic acids is 1.